The monoisotopic (exact) mass is 356 g/mol. The van der Waals surface area contributed by atoms with Crippen LogP contribution in [0.4, 0.5) is 0 Å². The van der Waals surface area contributed by atoms with E-state index >= 15 is 0 Å². The molecule has 0 aromatic heterocycles. The second kappa shape index (κ2) is 9.22. The average molecular weight is 356 g/mol. The third kappa shape index (κ3) is 6.27. The van der Waals surface area contributed by atoms with Crippen LogP contribution in [0.2, 0.25) is 0 Å². The quantitative estimate of drug-likeness (QED) is 0.625. The molecule has 4 N–H and O–H groups in total. The third-order valence-electron chi connectivity index (χ3n) is 3.57. The summed E-state index contributed by atoms with van der Waals surface area (Å²) in [5.74, 6) is -1.94. The number of hydrogen-bond acceptors (Lipinski definition) is 4. The molecule has 26 heavy (non-hydrogen) atoms. The molecule has 0 saturated carbocycles. The number of carbonyl (C=O) groups is 3. The zero-order chi connectivity index (χ0) is 18.9. The molecule has 0 bridgehead atoms. The number of aliphatic carboxylic acids is 1. The van der Waals surface area contributed by atoms with E-state index in [1.807, 2.05) is 30.3 Å². The highest BCUT2D eigenvalue weighted by molar-refractivity contribution is 5.88. The van der Waals surface area contributed by atoms with Gasteiger partial charge in [-0.1, -0.05) is 42.5 Å². The number of nitrogens with one attached hydrogen (secondary N) is 1. The van der Waals surface area contributed by atoms with Crippen molar-refractivity contribution < 1.29 is 24.2 Å². The van der Waals surface area contributed by atoms with Crippen molar-refractivity contribution in [1.82, 2.24) is 5.32 Å². The molecule has 2 aromatic carbocycles. The standard InChI is InChI=1S/C19H20N2O5/c20-17(22)11-16(19(24)25)21-18(23)10-13-6-8-15(9-7-13)26-12-14-4-2-1-3-5-14/h1-9,16H,10-12H2,(H2,20,22)(H,21,23)(H,24,25)/t16-/m0/s1. The predicted molar refractivity (Wildman–Crippen MR) is 94.3 cm³/mol. The molecule has 7 heteroatoms. The first-order valence-corrected chi connectivity index (χ1v) is 8.00. The summed E-state index contributed by atoms with van der Waals surface area (Å²) < 4.78 is 5.66. The Kier molecular flexibility index (Phi) is 6.73. The summed E-state index contributed by atoms with van der Waals surface area (Å²) in [6.45, 7) is 0.439. The number of carboxylic acid groups (broad SMARTS) is 1. The Hall–Kier alpha value is -3.35. The highest BCUT2D eigenvalue weighted by Crippen LogP contribution is 2.14. The molecular weight excluding hydrogens is 336 g/mol. The van der Waals surface area contributed by atoms with Crippen LogP contribution in [-0.4, -0.2) is 28.9 Å². The van der Waals surface area contributed by atoms with E-state index in [-0.39, 0.29) is 6.42 Å². The second-order valence-electron chi connectivity index (χ2n) is 5.72. The van der Waals surface area contributed by atoms with Gasteiger partial charge in [0.05, 0.1) is 12.8 Å². The van der Waals surface area contributed by atoms with Crippen molar-refractivity contribution in [3.63, 3.8) is 0 Å². The average Bonchev–Trinajstić information content (AvgIpc) is 2.61. The predicted octanol–water partition coefficient (Wildman–Crippen LogP) is 1.25. The maximum absolute atomic E-state index is 11.9. The Morgan fingerprint density at radius 3 is 2.23 bits per heavy atom. The van der Waals surface area contributed by atoms with Crippen molar-refractivity contribution in [2.45, 2.75) is 25.5 Å². The minimum Gasteiger partial charge on any atom is -0.489 e. The van der Waals surface area contributed by atoms with Crippen LogP contribution in [-0.2, 0) is 27.4 Å². The molecule has 136 valence electrons. The molecule has 2 rings (SSSR count). The van der Waals surface area contributed by atoms with Gasteiger partial charge in [0.2, 0.25) is 11.8 Å². The lowest BCUT2D eigenvalue weighted by Crippen LogP contribution is -2.43. The topological polar surface area (TPSA) is 119 Å². The van der Waals surface area contributed by atoms with Gasteiger partial charge in [0.25, 0.3) is 0 Å². The molecule has 0 spiro atoms. The number of nitrogens with two attached hydrogens (primary N) is 1. The summed E-state index contributed by atoms with van der Waals surface area (Å²) in [6.07, 6.45) is -0.463. The molecule has 0 saturated heterocycles. The Bertz CT molecular complexity index is 759. The van der Waals surface area contributed by atoms with Crippen molar-refractivity contribution in [2.24, 2.45) is 5.73 Å². The van der Waals surface area contributed by atoms with Crippen LogP contribution < -0.4 is 15.8 Å². The number of carboxylic acids is 1. The SMILES string of the molecule is NC(=O)C[C@H](NC(=O)Cc1ccc(OCc2ccccc2)cc1)C(=O)O. The largest absolute Gasteiger partial charge is 0.489 e. The van der Waals surface area contributed by atoms with E-state index in [1.54, 1.807) is 24.3 Å². The van der Waals surface area contributed by atoms with Crippen LogP contribution >= 0.6 is 0 Å². The Morgan fingerprint density at radius 2 is 1.65 bits per heavy atom. The first-order valence-electron chi connectivity index (χ1n) is 8.00. The Balaban J connectivity index is 1.86. The highest BCUT2D eigenvalue weighted by Gasteiger charge is 2.22. The van der Waals surface area contributed by atoms with Gasteiger partial charge in [0.15, 0.2) is 0 Å². The minimum absolute atomic E-state index is 0.0124. The maximum Gasteiger partial charge on any atom is 0.326 e. The van der Waals surface area contributed by atoms with Crippen LogP contribution in [0.25, 0.3) is 0 Å². The first kappa shape index (κ1) is 19.0. The molecule has 2 amide bonds. The van der Waals surface area contributed by atoms with Crippen LogP contribution in [0.5, 0.6) is 5.75 Å². The van der Waals surface area contributed by atoms with E-state index in [0.717, 1.165) is 5.56 Å². The van der Waals surface area contributed by atoms with Crippen LogP contribution in [0.1, 0.15) is 17.5 Å². The van der Waals surface area contributed by atoms with Gasteiger partial charge in [0, 0.05) is 0 Å². The van der Waals surface area contributed by atoms with E-state index in [4.69, 9.17) is 15.6 Å². The fraction of sp³-hybridized carbons (Fsp3) is 0.211. The van der Waals surface area contributed by atoms with E-state index in [1.165, 1.54) is 0 Å². The zero-order valence-electron chi connectivity index (χ0n) is 14.1. The summed E-state index contributed by atoms with van der Waals surface area (Å²) in [6, 6.07) is 15.3. The number of hydrogen-bond donors (Lipinski definition) is 3. The molecule has 0 aliphatic carbocycles. The van der Waals surface area contributed by atoms with Gasteiger partial charge in [-0.15, -0.1) is 0 Å². The van der Waals surface area contributed by atoms with Crippen LogP contribution in [0, 0.1) is 0 Å². The lowest BCUT2D eigenvalue weighted by molar-refractivity contribution is -0.143. The summed E-state index contributed by atoms with van der Waals surface area (Å²) in [7, 11) is 0. The normalized spacial score (nSPS) is 11.4. The number of rotatable bonds is 9. The van der Waals surface area contributed by atoms with Gasteiger partial charge in [-0.2, -0.15) is 0 Å². The molecule has 0 fully saturated rings. The summed E-state index contributed by atoms with van der Waals surface area (Å²) >= 11 is 0. The molecule has 0 radical (unpaired) electrons. The Labute approximate surface area is 150 Å². The van der Waals surface area contributed by atoms with E-state index in [0.29, 0.717) is 17.9 Å². The van der Waals surface area contributed by atoms with Crippen molar-refractivity contribution in [3.8, 4) is 5.75 Å². The summed E-state index contributed by atoms with van der Waals surface area (Å²) in [5, 5.41) is 11.3. The fourth-order valence-corrected chi connectivity index (χ4v) is 2.28. The molecule has 0 aliphatic heterocycles. The van der Waals surface area contributed by atoms with Gasteiger partial charge in [0.1, 0.15) is 18.4 Å². The van der Waals surface area contributed by atoms with E-state index < -0.39 is 30.2 Å². The first-order chi connectivity index (χ1) is 12.4. The second-order valence-corrected chi connectivity index (χ2v) is 5.72. The number of ether oxygens (including phenoxy) is 1. The lowest BCUT2D eigenvalue weighted by atomic mass is 10.1. The van der Waals surface area contributed by atoms with Crippen LogP contribution in [0.15, 0.2) is 54.6 Å². The zero-order valence-corrected chi connectivity index (χ0v) is 14.1. The molecule has 7 nitrogen and oxygen atoms in total. The minimum atomic E-state index is -1.33. The van der Waals surface area contributed by atoms with E-state index in [9.17, 15) is 14.4 Å². The third-order valence-corrected chi connectivity index (χ3v) is 3.57. The van der Waals surface area contributed by atoms with Crippen molar-refractivity contribution in [3.05, 3.63) is 65.7 Å². The van der Waals surface area contributed by atoms with Gasteiger partial charge in [-0.05, 0) is 23.3 Å². The summed E-state index contributed by atoms with van der Waals surface area (Å²) in [4.78, 5) is 33.8. The number of benzene rings is 2. The molecule has 1 atom stereocenters. The van der Waals surface area contributed by atoms with Crippen molar-refractivity contribution >= 4 is 17.8 Å². The lowest BCUT2D eigenvalue weighted by Gasteiger charge is -2.13. The van der Waals surface area contributed by atoms with Gasteiger partial charge >= 0.3 is 5.97 Å². The Morgan fingerprint density at radius 1 is 1.00 bits per heavy atom. The smallest absolute Gasteiger partial charge is 0.326 e. The maximum atomic E-state index is 11.9. The molecule has 0 aliphatic rings. The highest BCUT2D eigenvalue weighted by atomic mass is 16.5. The summed E-state index contributed by atoms with van der Waals surface area (Å²) in [5.41, 5.74) is 6.72. The fourth-order valence-electron chi connectivity index (χ4n) is 2.28. The molecule has 2 aromatic rings. The van der Waals surface area contributed by atoms with Gasteiger partial charge in [-0.25, -0.2) is 4.79 Å². The van der Waals surface area contributed by atoms with Crippen molar-refractivity contribution in [2.75, 3.05) is 0 Å². The number of carbonyl (C=O) groups excluding carboxylic acids is 2. The van der Waals surface area contributed by atoms with Gasteiger partial charge in [-0.3, -0.25) is 9.59 Å². The van der Waals surface area contributed by atoms with E-state index in [2.05, 4.69) is 5.32 Å². The van der Waals surface area contributed by atoms with Crippen LogP contribution in [0.3, 0.4) is 0 Å². The number of primary amides is 1. The molecule has 0 heterocycles. The van der Waals surface area contributed by atoms with Gasteiger partial charge < -0.3 is 20.9 Å². The number of amides is 2. The van der Waals surface area contributed by atoms with Crippen molar-refractivity contribution in [1.29, 1.82) is 0 Å². The molecule has 0 unspecified atom stereocenters. The molecular formula is C19H20N2O5.